The number of nitrogens with zero attached hydrogens (tertiary/aromatic N) is 2. The van der Waals surface area contributed by atoms with Gasteiger partial charge in [-0.05, 0) is 23.9 Å². The van der Waals surface area contributed by atoms with E-state index in [2.05, 4.69) is 11.2 Å². The molecule has 3 aromatic carbocycles. The van der Waals surface area contributed by atoms with E-state index in [0.29, 0.717) is 10.9 Å². The first-order chi connectivity index (χ1) is 13.6. The molecule has 30 heavy (non-hydrogen) atoms. The van der Waals surface area contributed by atoms with Crippen LogP contribution in [-0.4, -0.2) is 9.78 Å². The van der Waals surface area contributed by atoms with Crippen LogP contribution in [0.4, 0.5) is 26.3 Å². The SMILES string of the molecule is FC(F)(F)c1cc[c-]c(-n2nc(-c3cccc(C(F)(F)F)c3)c3ccccc32)c1.[Ir]. The molecule has 0 amide bonds. The van der Waals surface area contributed by atoms with Crippen LogP contribution in [0.2, 0.25) is 0 Å². The molecule has 9 heteroatoms. The van der Waals surface area contributed by atoms with Gasteiger partial charge in [0, 0.05) is 31.1 Å². The van der Waals surface area contributed by atoms with Crippen molar-refractivity contribution < 1.29 is 46.4 Å². The van der Waals surface area contributed by atoms with E-state index in [1.807, 2.05) is 0 Å². The van der Waals surface area contributed by atoms with Crippen LogP contribution in [0.1, 0.15) is 11.1 Å². The molecule has 4 rings (SSSR count). The van der Waals surface area contributed by atoms with E-state index in [-0.39, 0.29) is 37.1 Å². The Labute approximate surface area is 180 Å². The zero-order chi connectivity index (χ0) is 20.8. The molecule has 0 unspecified atom stereocenters. The van der Waals surface area contributed by atoms with Crippen LogP contribution in [0.25, 0.3) is 27.8 Å². The normalized spacial score (nSPS) is 12.1. The maximum atomic E-state index is 13.1. The Balaban J connectivity index is 0.00000256. The van der Waals surface area contributed by atoms with E-state index in [1.165, 1.54) is 16.8 Å². The Morgan fingerprint density at radius 2 is 1.43 bits per heavy atom. The number of para-hydroxylation sites is 1. The Hall–Kier alpha value is -2.64. The smallest absolute Gasteiger partial charge is 0.257 e. The fourth-order valence-corrected chi connectivity index (χ4v) is 3.06. The quantitative estimate of drug-likeness (QED) is 0.190. The van der Waals surface area contributed by atoms with Gasteiger partial charge in [0.2, 0.25) is 0 Å². The molecule has 4 aromatic rings. The first-order valence-corrected chi connectivity index (χ1v) is 8.39. The van der Waals surface area contributed by atoms with Crippen LogP contribution in [0.3, 0.4) is 0 Å². The summed E-state index contributed by atoms with van der Waals surface area (Å²) >= 11 is 0. The van der Waals surface area contributed by atoms with Crippen LogP contribution < -0.4 is 0 Å². The summed E-state index contributed by atoms with van der Waals surface area (Å²) in [5.41, 5.74) is -0.769. The zero-order valence-electron chi connectivity index (χ0n) is 14.8. The second-order valence-electron chi connectivity index (χ2n) is 6.32. The molecular weight excluding hydrogens is 586 g/mol. The third kappa shape index (κ3) is 4.13. The largest absolute Gasteiger partial charge is 0.416 e. The van der Waals surface area contributed by atoms with Crippen LogP contribution >= 0.6 is 0 Å². The summed E-state index contributed by atoms with van der Waals surface area (Å²) in [4.78, 5) is 0. The van der Waals surface area contributed by atoms with Gasteiger partial charge >= 0.3 is 12.4 Å². The molecule has 0 saturated heterocycles. The number of hydrogen-bond acceptors (Lipinski definition) is 1. The number of aromatic nitrogens is 2. The number of fused-ring (bicyclic) bond motifs is 1. The molecule has 1 aromatic heterocycles. The van der Waals surface area contributed by atoms with E-state index < -0.39 is 23.5 Å². The molecule has 0 aliphatic carbocycles. The van der Waals surface area contributed by atoms with Gasteiger partial charge in [0.15, 0.2) is 0 Å². The van der Waals surface area contributed by atoms with Gasteiger partial charge in [0.1, 0.15) is 5.69 Å². The first kappa shape index (κ1) is 22.1. The van der Waals surface area contributed by atoms with Gasteiger partial charge in [-0.15, -0.1) is 6.07 Å². The second-order valence-corrected chi connectivity index (χ2v) is 6.32. The van der Waals surface area contributed by atoms with Crippen molar-refractivity contribution >= 4 is 10.9 Å². The average molecular weight is 598 g/mol. The Morgan fingerprint density at radius 1 is 0.767 bits per heavy atom. The second kappa shape index (κ2) is 7.89. The van der Waals surface area contributed by atoms with Gasteiger partial charge in [-0.1, -0.05) is 35.9 Å². The minimum absolute atomic E-state index is 0. The predicted octanol–water partition coefficient (Wildman–Crippen LogP) is 6.53. The molecular formula is C21H11F6IrN2-. The minimum atomic E-state index is -4.54. The number of rotatable bonds is 2. The van der Waals surface area contributed by atoms with Crippen molar-refractivity contribution in [2.24, 2.45) is 0 Å². The summed E-state index contributed by atoms with van der Waals surface area (Å²) in [6.07, 6.45) is -9.07. The summed E-state index contributed by atoms with van der Waals surface area (Å²) in [5, 5.41) is 4.84. The topological polar surface area (TPSA) is 17.8 Å². The maximum Gasteiger partial charge on any atom is 0.416 e. The first-order valence-electron chi connectivity index (χ1n) is 8.39. The van der Waals surface area contributed by atoms with Crippen molar-refractivity contribution in [1.29, 1.82) is 0 Å². The van der Waals surface area contributed by atoms with Crippen molar-refractivity contribution in [1.82, 2.24) is 9.78 Å². The number of benzene rings is 3. The average Bonchev–Trinajstić information content (AvgIpc) is 3.07. The summed E-state index contributed by atoms with van der Waals surface area (Å²) in [6, 6.07) is 16.9. The molecule has 0 saturated carbocycles. The van der Waals surface area contributed by atoms with Crippen molar-refractivity contribution in [2.45, 2.75) is 12.4 Å². The van der Waals surface area contributed by atoms with Crippen molar-refractivity contribution in [3.05, 3.63) is 83.9 Å². The van der Waals surface area contributed by atoms with Gasteiger partial charge in [-0.25, -0.2) is 0 Å². The minimum Gasteiger partial charge on any atom is -0.257 e. The summed E-state index contributed by atoms with van der Waals surface area (Å²) in [6.45, 7) is 0. The molecule has 1 radical (unpaired) electrons. The molecule has 0 N–H and O–H groups in total. The Bertz CT molecular complexity index is 1100. The van der Waals surface area contributed by atoms with Crippen LogP contribution in [0, 0.1) is 6.07 Å². The van der Waals surface area contributed by atoms with E-state index >= 15 is 0 Å². The van der Waals surface area contributed by atoms with Gasteiger partial charge < -0.3 is 0 Å². The Kier molecular flexibility index (Phi) is 5.80. The fourth-order valence-electron chi connectivity index (χ4n) is 3.06. The number of alkyl halides is 6. The summed E-state index contributed by atoms with van der Waals surface area (Å²) in [7, 11) is 0. The van der Waals surface area contributed by atoms with Gasteiger partial charge in [0.25, 0.3) is 0 Å². The van der Waals surface area contributed by atoms with Crippen LogP contribution in [0.15, 0.2) is 66.7 Å². The molecule has 0 fully saturated rings. The van der Waals surface area contributed by atoms with Crippen LogP contribution in [-0.2, 0) is 32.5 Å². The fraction of sp³-hybridized carbons (Fsp3) is 0.0952. The molecule has 0 aliphatic heterocycles. The Morgan fingerprint density at radius 3 is 2.13 bits per heavy atom. The third-order valence-electron chi connectivity index (χ3n) is 4.39. The maximum absolute atomic E-state index is 13.1. The molecule has 157 valence electrons. The van der Waals surface area contributed by atoms with Gasteiger partial charge in [-0.2, -0.15) is 49.6 Å². The number of hydrogen-bond donors (Lipinski definition) is 0. The molecule has 2 nitrogen and oxygen atoms in total. The summed E-state index contributed by atoms with van der Waals surface area (Å²) in [5.74, 6) is 0. The summed E-state index contributed by atoms with van der Waals surface area (Å²) < 4.78 is 79.7. The molecule has 0 bridgehead atoms. The monoisotopic (exact) mass is 598 g/mol. The van der Waals surface area contributed by atoms with Crippen molar-refractivity contribution in [3.63, 3.8) is 0 Å². The van der Waals surface area contributed by atoms with E-state index in [9.17, 15) is 26.3 Å². The third-order valence-corrected chi connectivity index (χ3v) is 4.39. The van der Waals surface area contributed by atoms with Crippen molar-refractivity contribution in [2.75, 3.05) is 0 Å². The van der Waals surface area contributed by atoms with Gasteiger partial charge in [-0.3, -0.25) is 4.68 Å². The predicted molar refractivity (Wildman–Crippen MR) is 95.3 cm³/mol. The zero-order valence-corrected chi connectivity index (χ0v) is 17.2. The van der Waals surface area contributed by atoms with Gasteiger partial charge in [0.05, 0.1) is 11.1 Å². The standard InChI is InChI=1S/C21H11F6N2.Ir/c22-20(23,24)14-6-3-5-13(11-14)19-17-9-1-2-10-18(17)29(28-19)16-8-4-7-15(12-16)21(25,26)27;/h1-7,9-12H;/q-1;. The molecule has 1 heterocycles. The van der Waals surface area contributed by atoms with E-state index in [0.717, 1.165) is 30.3 Å². The number of halogens is 6. The van der Waals surface area contributed by atoms with Crippen molar-refractivity contribution in [3.8, 4) is 16.9 Å². The molecule has 0 aliphatic rings. The molecule has 0 atom stereocenters. The van der Waals surface area contributed by atoms with Crippen LogP contribution in [0.5, 0.6) is 0 Å². The van der Waals surface area contributed by atoms with E-state index in [4.69, 9.17) is 0 Å². The van der Waals surface area contributed by atoms with E-state index in [1.54, 1.807) is 24.3 Å². The molecule has 0 spiro atoms.